The first-order valence-corrected chi connectivity index (χ1v) is 15.1. The molecular weight excluding hydrogens is 613 g/mol. The van der Waals surface area contributed by atoms with Crippen molar-refractivity contribution < 1.29 is 27.2 Å². The normalized spacial score (nSPS) is 16.8. The largest absolute Gasteiger partial charge is 0.416 e. The summed E-state index contributed by atoms with van der Waals surface area (Å²) in [6.45, 7) is 7.58. The highest BCUT2D eigenvalue weighted by Crippen LogP contribution is 2.32. The molecule has 0 radical (unpaired) electrons. The Labute approximate surface area is 269 Å². The number of alkyl halides is 3. The number of rotatable bonds is 8. The topological polar surface area (TPSA) is 107 Å². The zero-order valence-electron chi connectivity index (χ0n) is 26.5. The SMILES string of the molecule is [C-]#[N+]c1ccc(-n2nccc2-c2c(C(=O)NC3CCC(NC(=O)C[N+](C)(C)C)CC3)c(=O)n(-c3cccc(C(F)(F)F)c3)n2C)cc1. The summed E-state index contributed by atoms with van der Waals surface area (Å²) < 4.78 is 45.3. The highest BCUT2D eigenvalue weighted by molar-refractivity contribution is 6.00. The van der Waals surface area contributed by atoms with E-state index in [2.05, 4.69) is 20.6 Å². The third kappa shape index (κ3) is 7.30. The van der Waals surface area contributed by atoms with Crippen LogP contribution in [-0.4, -0.2) is 75.2 Å². The highest BCUT2D eigenvalue weighted by atomic mass is 19.4. The molecule has 0 saturated heterocycles. The van der Waals surface area contributed by atoms with Crippen molar-refractivity contribution in [3.8, 4) is 22.8 Å². The fourth-order valence-corrected chi connectivity index (χ4v) is 5.91. The van der Waals surface area contributed by atoms with Gasteiger partial charge >= 0.3 is 6.18 Å². The lowest BCUT2D eigenvalue weighted by Crippen LogP contribution is -2.49. The summed E-state index contributed by atoms with van der Waals surface area (Å²) in [5, 5.41) is 10.4. The van der Waals surface area contributed by atoms with Gasteiger partial charge in [0.1, 0.15) is 11.3 Å². The first kappa shape index (κ1) is 33.2. The van der Waals surface area contributed by atoms with Crippen LogP contribution in [0.5, 0.6) is 0 Å². The second kappa shape index (κ2) is 12.9. The Hall–Kier alpha value is -5.16. The molecule has 2 aromatic heterocycles. The number of hydrogen-bond donors (Lipinski definition) is 2. The molecule has 2 amide bonds. The van der Waals surface area contributed by atoms with E-state index >= 15 is 0 Å². The van der Waals surface area contributed by atoms with E-state index in [9.17, 15) is 27.6 Å². The van der Waals surface area contributed by atoms with Gasteiger partial charge in [-0.1, -0.05) is 18.2 Å². The Morgan fingerprint density at radius 1 is 0.979 bits per heavy atom. The van der Waals surface area contributed by atoms with Crippen molar-refractivity contribution in [1.82, 2.24) is 29.8 Å². The van der Waals surface area contributed by atoms with Gasteiger partial charge in [0, 0.05) is 19.1 Å². The maximum Gasteiger partial charge on any atom is 0.416 e. The molecule has 0 aliphatic heterocycles. The second-order valence-electron chi connectivity index (χ2n) is 12.7. The molecule has 11 nitrogen and oxygen atoms in total. The molecular formula is C33H36F3N8O3+. The van der Waals surface area contributed by atoms with Gasteiger partial charge in [0.2, 0.25) is 0 Å². The summed E-state index contributed by atoms with van der Waals surface area (Å²) in [5.41, 5.74) is -0.588. The van der Waals surface area contributed by atoms with Crippen LogP contribution < -0.4 is 16.2 Å². The Kier molecular flexibility index (Phi) is 9.13. The standard InChI is InChI=1S/C33H35F3N8O3/c1-37-22-13-15-25(16-14-22)42-27(17-18-38-42)30-29(32(47)43(41(30)2)26-8-6-7-21(19-26)33(34,35)36)31(46)40-24-11-9-23(10-12-24)39-28(45)20-44(3,4)5/h6-8,13-19,23-24H,9-12,20H2,2-5H3,(H-,39,40,45,46)/p+1. The molecule has 0 atom stereocenters. The van der Waals surface area contributed by atoms with E-state index in [-0.39, 0.29) is 34.9 Å². The third-order valence-electron chi connectivity index (χ3n) is 8.07. The van der Waals surface area contributed by atoms with Crippen molar-refractivity contribution in [1.29, 1.82) is 0 Å². The quantitative estimate of drug-likeness (QED) is 0.217. The summed E-state index contributed by atoms with van der Waals surface area (Å²) >= 11 is 0. The first-order valence-electron chi connectivity index (χ1n) is 15.1. The van der Waals surface area contributed by atoms with E-state index in [0.717, 1.165) is 16.8 Å². The molecule has 5 rings (SSSR count). The molecule has 1 fully saturated rings. The number of aromatic nitrogens is 4. The van der Waals surface area contributed by atoms with Crippen LogP contribution in [0.15, 0.2) is 65.6 Å². The first-order chi connectivity index (χ1) is 22.2. The molecule has 2 aromatic carbocycles. The third-order valence-corrected chi connectivity index (χ3v) is 8.07. The van der Waals surface area contributed by atoms with Gasteiger partial charge in [-0.2, -0.15) is 18.3 Å². The Bertz CT molecular complexity index is 1880. The molecule has 4 aromatic rings. The Balaban J connectivity index is 1.50. The van der Waals surface area contributed by atoms with E-state index < -0.39 is 23.2 Å². The van der Waals surface area contributed by atoms with E-state index in [1.54, 1.807) is 30.3 Å². The predicted octanol–water partition coefficient (Wildman–Crippen LogP) is 4.46. The van der Waals surface area contributed by atoms with E-state index in [0.29, 0.717) is 53.8 Å². The summed E-state index contributed by atoms with van der Waals surface area (Å²) in [6, 6.07) is 12.2. The number of carbonyl (C=O) groups is 2. The fraction of sp³-hybridized carbons (Fsp3) is 0.364. The van der Waals surface area contributed by atoms with Crippen LogP contribution in [0.4, 0.5) is 18.9 Å². The molecule has 1 aliphatic carbocycles. The van der Waals surface area contributed by atoms with Gasteiger partial charge in [0.05, 0.1) is 56.5 Å². The average Bonchev–Trinajstić information content (AvgIpc) is 3.58. The molecule has 1 aliphatic rings. The van der Waals surface area contributed by atoms with Gasteiger partial charge in [-0.25, -0.2) is 14.2 Å². The molecule has 2 N–H and O–H groups in total. The maximum atomic E-state index is 14.1. The number of amides is 2. The lowest BCUT2D eigenvalue weighted by molar-refractivity contribution is -0.862. The number of nitrogens with zero attached hydrogens (tertiary/aromatic N) is 6. The van der Waals surface area contributed by atoms with E-state index in [4.69, 9.17) is 6.57 Å². The molecule has 246 valence electrons. The van der Waals surface area contributed by atoms with Crippen LogP contribution in [0.3, 0.4) is 0 Å². The van der Waals surface area contributed by atoms with Crippen molar-refractivity contribution in [2.24, 2.45) is 7.05 Å². The smallest absolute Gasteiger partial charge is 0.349 e. The van der Waals surface area contributed by atoms with Gasteiger partial charge < -0.3 is 15.1 Å². The maximum absolute atomic E-state index is 14.1. The summed E-state index contributed by atoms with van der Waals surface area (Å²) in [7, 11) is 7.30. The average molecular weight is 650 g/mol. The molecule has 14 heteroatoms. The lowest BCUT2D eigenvalue weighted by Gasteiger charge is -2.30. The molecule has 0 unspecified atom stereocenters. The summed E-state index contributed by atoms with van der Waals surface area (Å²) in [4.78, 5) is 43.9. The van der Waals surface area contributed by atoms with Crippen LogP contribution in [0.1, 0.15) is 41.6 Å². The van der Waals surface area contributed by atoms with Crippen molar-refractivity contribution in [3.63, 3.8) is 0 Å². The van der Waals surface area contributed by atoms with Gasteiger partial charge in [-0.15, -0.1) is 0 Å². The van der Waals surface area contributed by atoms with Crippen LogP contribution >= 0.6 is 0 Å². The van der Waals surface area contributed by atoms with Gasteiger partial charge in [0.25, 0.3) is 17.4 Å². The van der Waals surface area contributed by atoms with Gasteiger partial charge in [-0.05, 0) is 62.1 Å². The highest BCUT2D eigenvalue weighted by Gasteiger charge is 2.33. The Morgan fingerprint density at radius 2 is 1.62 bits per heavy atom. The number of nitrogens with one attached hydrogen (secondary N) is 2. The predicted molar refractivity (Wildman–Crippen MR) is 169 cm³/mol. The zero-order chi connectivity index (χ0) is 34.1. The van der Waals surface area contributed by atoms with Crippen LogP contribution in [0, 0.1) is 6.57 Å². The molecule has 0 bridgehead atoms. The monoisotopic (exact) mass is 649 g/mol. The second-order valence-corrected chi connectivity index (χ2v) is 12.7. The minimum atomic E-state index is -4.64. The van der Waals surface area contributed by atoms with Crippen LogP contribution in [0.2, 0.25) is 0 Å². The van der Waals surface area contributed by atoms with Gasteiger partial charge in [0.15, 0.2) is 12.2 Å². The number of benzene rings is 2. The summed E-state index contributed by atoms with van der Waals surface area (Å²) in [6.07, 6.45) is -0.754. The van der Waals surface area contributed by atoms with E-state index in [1.807, 2.05) is 21.1 Å². The zero-order valence-corrected chi connectivity index (χ0v) is 26.5. The molecule has 2 heterocycles. The minimum Gasteiger partial charge on any atom is -0.349 e. The van der Waals surface area contributed by atoms with Crippen molar-refractivity contribution in [2.75, 3.05) is 27.7 Å². The van der Waals surface area contributed by atoms with Crippen molar-refractivity contribution >= 4 is 17.5 Å². The molecule has 0 spiro atoms. The van der Waals surface area contributed by atoms with Crippen molar-refractivity contribution in [3.05, 3.63) is 93.7 Å². The Morgan fingerprint density at radius 3 is 2.21 bits per heavy atom. The fourth-order valence-electron chi connectivity index (χ4n) is 5.91. The lowest BCUT2D eigenvalue weighted by atomic mass is 9.91. The number of carbonyl (C=O) groups excluding carboxylic acids is 2. The minimum absolute atomic E-state index is 0.0313. The summed E-state index contributed by atoms with van der Waals surface area (Å²) in [5.74, 6) is -0.714. The number of likely N-dealkylation sites (N-methyl/N-ethyl adjacent to an activating group) is 1. The number of hydrogen-bond acceptors (Lipinski definition) is 4. The van der Waals surface area contributed by atoms with Crippen molar-refractivity contribution in [2.45, 2.75) is 43.9 Å². The van der Waals surface area contributed by atoms with Gasteiger partial charge in [-0.3, -0.25) is 19.1 Å². The number of quaternary nitrogens is 1. The van der Waals surface area contributed by atoms with E-state index in [1.165, 1.54) is 34.7 Å². The van der Waals surface area contributed by atoms with Crippen LogP contribution in [-0.2, 0) is 18.0 Å². The number of halogens is 3. The molecule has 1 saturated carbocycles. The van der Waals surface area contributed by atoms with Crippen LogP contribution in [0.25, 0.3) is 27.6 Å². The molecule has 47 heavy (non-hydrogen) atoms.